The number of halogens is 2. The summed E-state index contributed by atoms with van der Waals surface area (Å²) in [6, 6.07) is 5.01. The van der Waals surface area contributed by atoms with E-state index in [2.05, 4.69) is 15.2 Å². The van der Waals surface area contributed by atoms with Crippen LogP contribution in [0.5, 0.6) is 0 Å². The highest BCUT2D eigenvalue weighted by Crippen LogP contribution is 2.31. The third-order valence-electron chi connectivity index (χ3n) is 6.30. The van der Waals surface area contributed by atoms with Gasteiger partial charge in [0.2, 0.25) is 0 Å². The number of rotatable bonds is 5. The molecule has 6 nitrogen and oxygen atoms in total. The molecule has 2 aromatic rings. The van der Waals surface area contributed by atoms with Crippen LogP contribution in [0.25, 0.3) is 10.9 Å². The maximum Gasteiger partial charge on any atom is 0.253 e. The average Bonchev–Trinajstić information content (AvgIpc) is 2.77. The molecular formula is C22H28ClFN4O2. The Morgan fingerprint density at radius 2 is 2.10 bits per heavy atom. The topological polar surface area (TPSA) is 80.5 Å². The van der Waals surface area contributed by atoms with Crippen molar-refractivity contribution in [1.82, 2.24) is 15.2 Å². The lowest BCUT2D eigenvalue weighted by molar-refractivity contribution is 0.0242. The summed E-state index contributed by atoms with van der Waals surface area (Å²) in [7, 11) is 0. The Morgan fingerprint density at radius 3 is 2.83 bits per heavy atom. The van der Waals surface area contributed by atoms with Gasteiger partial charge >= 0.3 is 0 Å². The molecule has 0 saturated carbocycles. The van der Waals surface area contributed by atoms with Crippen molar-refractivity contribution in [2.24, 2.45) is 5.92 Å². The Bertz CT molecular complexity index is 911. The summed E-state index contributed by atoms with van der Waals surface area (Å²) in [5.74, 6) is 0.254. The molecular weight excluding hydrogens is 407 g/mol. The molecule has 30 heavy (non-hydrogen) atoms. The maximum absolute atomic E-state index is 15.3. The Hall–Kier alpha value is -1.96. The molecule has 2 aliphatic heterocycles. The van der Waals surface area contributed by atoms with Crippen LogP contribution in [0.2, 0.25) is 5.02 Å². The number of ether oxygens (including phenoxy) is 1. The number of nitrogens with two attached hydrogens (primary N) is 1. The van der Waals surface area contributed by atoms with Crippen LogP contribution in [0.1, 0.15) is 36.0 Å². The van der Waals surface area contributed by atoms with Crippen LogP contribution >= 0.6 is 11.6 Å². The number of hydrogen-bond acceptors (Lipinski definition) is 5. The molecule has 4 rings (SSSR count). The zero-order chi connectivity index (χ0) is 21.1. The molecule has 0 radical (unpaired) electrons. The molecule has 0 bridgehead atoms. The third kappa shape index (κ3) is 4.68. The molecule has 162 valence electrons. The van der Waals surface area contributed by atoms with E-state index in [1.54, 1.807) is 18.3 Å². The number of pyridine rings is 1. The number of anilines is 1. The van der Waals surface area contributed by atoms with E-state index >= 15 is 4.39 Å². The van der Waals surface area contributed by atoms with Crippen LogP contribution in [-0.4, -0.2) is 60.9 Å². The normalized spacial score (nSPS) is 20.3. The van der Waals surface area contributed by atoms with E-state index in [-0.39, 0.29) is 17.5 Å². The van der Waals surface area contributed by atoms with Crippen molar-refractivity contribution in [3.05, 3.63) is 35.0 Å². The van der Waals surface area contributed by atoms with E-state index in [1.807, 2.05) is 0 Å². The molecule has 2 saturated heterocycles. The highest BCUT2D eigenvalue weighted by atomic mass is 35.5. The number of likely N-dealkylation sites (tertiary alicyclic amines) is 1. The number of benzene rings is 1. The molecule has 2 aliphatic rings. The van der Waals surface area contributed by atoms with Crippen molar-refractivity contribution in [3.63, 3.8) is 0 Å². The van der Waals surface area contributed by atoms with Gasteiger partial charge in [-0.05, 0) is 49.8 Å². The fourth-order valence-electron chi connectivity index (χ4n) is 4.35. The van der Waals surface area contributed by atoms with Crippen LogP contribution in [0.15, 0.2) is 24.4 Å². The second kappa shape index (κ2) is 9.04. The average molecular weight is 435 g/mol. The van der Waals surface area contributed by atoms with Gasteiger partial charge < -0.3 is 20.7 Å². The van der Waals surface area contributed by atoms with Gasteiger partial charge in [-0.2, -0.15) is 0 Å². The number of carbonyl (C=O) groups is 1. The van der Waals surface area contributed by atoms with Crippen LogP contribution < -0.4 is 11.1 Å². The fourth-order valence-corrected chi connectivity index (χ4v) is 4.56. The number of hydrogen-bond donors (Lipinski definition) is 2. The number of nitrogen functional groups attached to an aromatic ring is 1. The summed E-state index contributed by atoms with van der Waals surface area (Å²) in [5, 5.41) is 3.66. The van der Waals surface area contributed by atoms with Crippen molar-refractivity contribution in [1.29, 1.82) is 0 Å². The summed E-state index contributed by atoms with van der Waals surface area (Å²) in [4.78, 5) is 19.4. The van der Waals surface area contributed by atoms with Gasteiger partial charge in [0.25, 0.3) is 5.91 Å². The third-order valence-corrected chi connectivity index (χ3v) is 6.61. The largest absolute Gasteiger partial charge is 0.397 e. The van der Waals surface area contributed by atoms with E-state index in [1.165, 1.54) is 6.07 Å². The van der Waals surface area contributed by atoms with Gasteiger partial charge in [0.15, 0.2) is 0 Å². The van der Waals surface area contributed by atoms with Gasteiger partial charge in [-0.25, -0.2) is 4.39 Å². The van der Waals surface area contributed by atoms with E-state index in [0.717, 1.165) is 32.6 Å². The summed E-state index contributed by atoms with van der Waals surface area (Å²) in [5.41, 5.74) is 5.77. The number of nitrogens with zero attached hydrogens (tertiary/aromatic N) is 2. The monoisotopic (exact) mass is 434 g/mol. The lowest BCUT2D eigenvalue weighted by Gasteiger charge is -2.38. The maximum atomic E-state index is 15.3. The number of aromatic nitrogens is 1. The predicted molar refractivity (Wildman–Crippen MR) is 117 cm³/mol. The number of carbonyl (C=O) groups excluding carboxylic acids is 1. The van der Waals surface area contributed by atoms with Crippen molar-refractivity contribution >= 4 is 34.1 Å². The molecule has 1 aromatic carbocycles. The second-order valence-corrected chi connectivity index (χ2v) is 8.82. The number of fused-ring (bicyclic) bond motifs is 1. The zero-order valence-corrected chi connectivity index (χ0v) is 17.8. The van der Waals surface area contributed by atoms with Gasteiger partial charge in [0.05, 0.1) is 28.3 Å². The SMILES string of the molecule is Nc1c(Cl)cc(C(=O)NCC2(F)CCN(CC3CCOCC3)CC2)c2ncccc12. The predicted octanol–water partition coefficient (Wildman–Crippen LogP) is 3.43. The molecule has 0 aliphatic carbocycles. The van der Waals surface area contributed by atoms with Crippen LogP contribution in [0, 0.1) is 5.92 Å². The highest BCUT2D eigenvalue weighted by molar-refractivity contribution is 6.35. The summed E-state index contributed by atoms with van der Waals surface area (Å²) in [6.45, 7) is 4.07. The number of alkyl halides is 1. The molecule has 8 heteroatoms. The van der Waals surface area contributed by atoms with Crippen LogP contribution in [-0.2, 0) is 4.74 Å². The minimum Gasteiger partial charge on any atom is -0.397 e. The molecule has 0 unspecified atom stereocenters. The first-order valence-corrected chi connectivity index (χ1v) is 10.9. The molecule has 0 spiro atoms. The first-order chi connectivity index (χ1) is 14.5. The van der Waals surface area contributed by atoms with Crippen molar-refractivity contribution in [3.8, 4) is 0 Å². The number of amides is 1. The first kappa shape index (κ1) is 21.3. The Kier molecular flexibility index (Phi) is 6.41. The molecule has 0 atom stereocenters. The second-order valence-electron chi connectivity index (χ2n) is 8.41. The van der Waals surface area contributed by atoms with Crippen LogP contribution in [0.4, 0.5) is 10.1 Å². The minimum absolute atomic E-state index is 0.0206. The summed E-state index contributed by atoms with van der Waals surface area (Å²) in [6.07, 6.45) is 4.59. The Labute approximate surface area is 180 Å². The minimum atomic E-state index is -1.40. The van der Waals surface area contributed by atoms with Gasteiger partial charge in [0.1, 0.15) is 5.67 Å². The lowest BCUT2D eigenvalue weighted by Crippen LogP contribution is -2.49. The van der Waals surface area contributed by atoms with E-state index in [9.17, 15) is 4.79 Å². The zero-order valence-electron chi connectivity index (χ0n) is 17.0. The Morgan fingerprint density at radius 1 is 1.37 bits per heavy atom. The van der Waals surface area contributed by atoms with Crippen LogP contribution in [0.3, 0.4) is 0 Å². The van der Waals surface area contributed by atoms with E-state index in [4.69, 9.17) is 22.1 Å². The smallest absolute Gasteiger partial charge is 0.253 e. The Balaban J connectivity index is 1.35. The fraction of sp³-hybridized carbons (Fsp3) is 0.545. The van der Waals surface area contributed by atoms with Crippen molar-refractivity contribution in [2.45, 2.75) is 31.4 Å². The highest BCUT2D eigenvalue weighted by Gasteiger charge is 2.35. The van der Waals surface area contributed by atoms with Gasteiger partial charge in [0, 0.05) is 44.4 Å². The lowest BCUT2D eigenvalue weighted by atomic mass is 9.91. The molecule has 2 fully saturated rings. The number of nitrogens with one attached hydrogen (secondary N) is 1. The first-order valence-electron chi connectivity index (χ1n) is 10.6. The standard InChI is InChI=1S/C22H28ClFN4O2/c23-18-12-17(20-16(19(18)25)2-1-7-26-20)21(29)27-14-22(24)5-8-28(9-6-22)13-15-3-10-30-11-4-15/h1-2,7,12,15H,3-6,8-11,13-14,25H2,(H,27,29). The molecule has 1 aromatic heterocycles. The summed E-state index contributed by atoms with van der Waals surface area (Å²) >= 11 is 6.19. The number of piperidine rings is 1. The molecule has 3 N–H and O–H groups in total. The molecule has 3 heterocycles. The molecule has 1 amide bonds. The van der Waals surface area contributed by atoms with E-state index < -0.39 is 5.67 Å². The van der Waals surface area contributed by atoms with Crippen molar-refractivity contribution < 1.29 is 13.9 Å². The summed E-state index contributed by atoms with van der Waals surface area (Å²) < 4.78 is 20.7. The van der Waals surface area contributed by atoms with Gasteiger partial charge in [-0.3, -0.25) is 9.78 Å². The van der Waals surface area contributed by atoms with Gasteiger partial charge in [-0.1, -0.05) is 11.6 Å². The quantitative estimate of drug-likeness (QED) is 0.705. The van der Waals surface area contributed by atoms with E-state index in [0.29, 0.717) is 54.0 Å². The van der Waals surface area contributed by atoms with Gasteiger partial charge in [-0.15, -0.1) is 0 Å². The van der Waals surface area contributed by atoms with Crippen molar-refractivity contribution in [2.75, 3.05) is 45.1 Å².